The maximum atomic E-state index is 12.9. The molecule has 0 saturated heterocycles. The molecule has 2 aromatic carbocycles. The van der Waals surface area contributed by atoms with Gasteiger partial charge >= 0.3 is 0 Å². The number of rotatable bonds is 4. The van der Waals surface area contributed by atoms with Crippen molar-refractivity contribution in [2.24, 2.45) is 0 Å². The monoisotopic (exact) mass is 435 g/mol. The van der Waals surface area contributed by atoms with Crippen molar-refractivity contribution in [1.82, 2.24) is 9.88 Å². The SMILES string of the molecule is O=c1[nH]c2cc3c(cc2cc1CN(C(=S)Nc1ccccc1)C1CCCC1)OCCO3. The molecule has 0 bridgehead atoms. The lowest BCUT2D eigenvalue weighted by Gasteiger charge is -2.31. The van der Waals surface area contributed by atoms with Gasteiger partial charge in [-0.2, -0.15) is 0 Å². The second kappa shape index (κ2) is 8.59. The molecule has 0 radical (unpaired) electrons. The summed E-state index contributed by atoms with van der Waals surface area (Å²) in [5.74, 6) is 1.38. The Labute approximate surface area is 186 Å². The molecule has 5 rings (SSSR count). The predicted molar refractivity (Wildman–Crippen MR) is 126 cm³/mol. The molecule has 0 unspecified atom stereocenters. The normalized spacial score (nSPS) is 15.7. The van der Waals surface area contributed by atoms with Gasteiger partial charge in [0.15, 0.2) is 16.6 Å². The number of H-pyrrole nitrogens is 1. The molecule has 1 aliphatic carbocycles. The molecule has 160 valence electrons. The van der Waals surface area contributed by atoms with Crippen molar-refractivity contribution in [2.45, 2.75) is 38.3 Å². The fraction of sp³-hybridized carbons (Fsp3) is 0.333. The van der Waals surface area contributed by atoms with E-state index in [0.29, 0.717) is 48.0 Å². The van der Waals surface area contributed by atoms with Crippen LogP contribution >= 0.6 is 12.2 Å². The van der Waals surface area contributed by atoms with Crippen molar-refractivity contribution < 1.29 is 9.47 Å². The Hall–Kier alpha value is -3.06. The Balaban J connectivity index is 1.45. The molecule has 1 aromatic heterocycles. The van der Waals surface area contributed by atoms with Crippen LogP contribution < -0.4 is 20.3 Å². The van der Waals surface area contributed by atoms with Crippen LogP contribution in [0.25, 0.3) is 10.9 Å². The lowest BCUT2D eigenvalue weighted by atomic mass is 10.1. The van der Waals surface area contributed by atoms with E-state index in [0.717, 1.165) is 29.4 Å². The molecule has 6 nitrogen and oxygen atoms in total. The zero-order chi connectivity index (χ0) is 21.2. The van der Waals surface area contributed by atoms with Gasteiger partial charge in [0, 0.05) is 28.7 Å². The number of aromatic nitrogens is 1. The number of fused-ring (bicyclic) bond motifs is 2. The molecular formula is C24H25N3O3S. The van der Waals surface area contributed by atoms with Crippen LogP contribution in [0, 0.1) is 0 Å². The van der Waals surface area contributed by atoms with Gasteiger partial charge in [-0.15, -0.1) is 0 Å². The first kappa shape index (κ1) is 19.9. The molecule has 7 heteroatoms. The predicted octanol–water partition coefficient (Wildman–Crippen LogP) is 4.44. The van der Waals surface area contributed by atoms with Gasteiger partial charge in [-0.3, -0.25) is 4.79 Å². The van der Waals surface area contributed by atoms with Crippen molar-refractivity contribution in [3.8, 4) is 11.5 Å². The molecule has 1 fully saturated rings. The summed E-state index contributed by atoms with van der Waals surface area (Å²) in [6.45, 7) is 1.51. The first-order valence-electron chi connectivity index (χ1n) is 10.8. The smallest absolute Gasteiger partial charge is 0.253 e. The summed E-state index contributed by atoms with van der Waals surface area (Å²) in [7, 11) is 0. The zero-order valence-corrected chi connectivity index (χ0v) is 18.0. The van der Waals surface area contributed by atoms with E-state index in [4.69, 9.17) is 21.7 Å². The molecule has 0 atom stereocenters. The van der Waals surface area contributed by atoms with Gasteiger partial charge in [0.2, 0.25) is 0 Å². The minimum Gasteiger partial charge on any atom is -0.486 e. The van der Waals surface area contributed by atoms with Crippen molar-refractivity contribution in [2.75, 3.05) is 18.5 Å². The van der Waals surface area contributed by atoms with Gasteiger partial charge in [-0.05, 0) is 49.3 Å². The minimum atomic E-state index is -0.102. The van der Waals surface area contributed by atoms with Crippen LogP contribution in [-0.2, 0) is 6.54 Å². The lowest BCUT2D eigenvalue weighted by Crippen LogP contribution is -2.42. The summed E-state index contributed by atoms with van der Waals surface area (Å²) >= 11 is 5.78. The summed E-state index contributed by atoms with van der Waals surface area (Å²) in [6, 6.07) is 16.0. The van der Waals surface area contributed by atoms with Crippen LogP contribution in [0.2, 0.25) is 0 Å². The van der Waals surface area contributed by atoms with Crippen LogP contribution in [0.5, 0.6) is 11.5 Å². The highest BCUT2D eigenvalue weighted by molar-refractivity contribution is 7.80. The van der Waals surface area contributed by atoms with E-state index in [1.807, 2.05) is 48.5 Å². The van der Waals surface area contributed by atoms with E-state index in [9.17, 15) is 4.79 Å². The standard InChI is InChI=1S/C24H25N3O3S/c28-23-17(12-16-13-21-22(14-20(16)26-23)30-11-10-29-21)15-27(19-8-4-5-9-19)24(31)25-18-6-2-1-3-7-18/h1-3,6-7,12-14,19H,4-5,8-11,15H2,(H,25,31)(H,26,28). The van der Waals surface area contributed by atoms with Crippen LogP contribution in [0.4, 0.5) is 5.69 Å². The molecule has 1 saturated carbocycles. The third-order valence-electron chi connectivity index (χ3n) is 5.98. The third kappa shape index (κ3) is 4.23. The Kier molecular flexibility index (Phi) is 5.51. The largest absolute Gasteiger partial charge is 0.486 e. The highest BCUT2D eigenvalue weighted by Crippen LogP contribution is 2.34. The molecule has 3 aromatic rings. The van der Waals surface area contributed by atoms with Gasteiger partial charge in [-0.25, -0.2) is 0 Å². The second-order valence-corrected chi connectivity index (χ2v) is 8.46. The number of hydrogen-bond donors (Lipinski definition) is 2. The number of aromatic amines is 1. The number of thiocarbonyl (C=S) groups is 1. The summed E-state index contributed by atoms with van der Waals surface area (Å²) in [4.78, 5) is 18.1. The molecule has 1 aliphatic heterocycles. The van der Waals surface area contributed by atoms with Gasteiger partial charge in [0.25, 0.3) is 5.56 Å². The van der Waals surface area contributed by atoms with E-state index >= 15 is 0 Å². The molecule has 0 amide bonds. The summed E-state index contributed by atoms with van der Waals surface area (Å²) in [5, 5.41) is 4.92. The number of nitrogens with one attached hydrogen (secondary N) is 2. The Morgan fingerprint density at radius 2 is 1.77 bits per heavy atom. The Morgan fingerprint density at radius 1 is 1.06 bits per heavy atom. The average Bonchev–Trinajstić information content (AvgIpc) is 3.31. The summed E-state index contributed by atoms with van der Waals surface area (Å²) in [6.07, 6.45) is 4.54. The van der Waals surface area contributed by atoms with Gasteiger partial charge < -0.3 is 24.7 Å². The van der Waals surface area contributed by atoms with Gasteiger partial charge in [-0.1, -0.05) is 31.0 Å². The van der Waals surface area contributed by atoms with E-state index < -0.39 is 0 Å². The lowest BCUT2D eigenvalue weighted by molar-refractivity contribution is 0.172. The van der Waals surface area contributed by atoms with Crippen molar-refractivity contribution in [1.29, 1.82) is 0 Å². The average molecular weight is 436 g/mol. The fourth-order valence-electron chi connectivity index (χ4n) is 4.39. The molecular weight excluding hydrogens is 410 g/mol. The highest BCUT2D eigenvalue weighted by Gasteiger charge is 2.26. The molecule has 2 aliphatic rings. The summed E-state index contributed by atoms with van der Waals surface area (Å²) < 4.78 is 11.4. The van der Waals surface area contributed by atoms with Gasteiger partial charge in [0.05, 0.1) is 12.1 Å². The first-order chi connectivity index (χ1) is 15.2. The summed E-state index contributed by atoms with van der Waals surface area (Å²) in [5.41, 5.74) is 2.28. The zero-order valence-electron chi connectivity index (χ0n) is 17.2. The van der Waals surface area contributed by atoms with Gasteiger partial charge in [0.1, 0.15) is 13.2 Å². The van der Waals surface area contributed by atoms with E-state index in [-0.39, 0.29) is 5.56 Å². The minimum absolute atomic E-state index is 0.102. The number of pyridine rings is 1. The Bertz CT molecular complexity index is 1160. The molecule has 2 N–H and O–H groups in total. The second-order valence-electron chi connectivity index (χ2n) is 8.07. The first-order valence-corrected chi connectivity index (χ1v) is 11.2. The number of benzene rings is 2. The topological polar surface area (TPSA) is 66.6 Å². The Morgan fingerprint density at radius 3 is 2.52 bits per heavy atom. The number of ether oxygens (including phenoxy) is 2. The van der Waals surface area contributed by atoms with E-state index in [2.05, 4.69) is 15.2 Å². The quantitative estimate of drug-likeness (QED) is 0.591. The van der Waals surface area contributed by atoms with E-state index in [1.54, 1.807) is 0 Å². The van der Waals surface area contributed by atoms with Crippen LogP contribution in [0.1, 0.15) is 31.2 Å². The molecule has 2 heterocycles. The highest BCUT2D eigenvalue weighted by atomic mass is 32.1. The molecule has 31 heavy (non-hydrogen) atoms. The van der Waals surface area contributed by atoms with Crippen molar-refractivity contribution >= 4 is 33.9 Å². The maximum Gasteiger partial charge on any atom is 0.253 e. The van der Waals surface area contributed by atoms with Crippen LogP contribution in [-0.4, -0.2) is 34.3 Å². The number of hydrogen-bond acceptors (Lipinski definition) is 4. The number of nitrogens with zero attached hydrogens (tertiary/aromatic N) is 1. The number of anilines is 1. The number of para-hydroxylation sites is 1. The molecule has 0 spiro atoms. The van der Waals surface area contributed by atoms with E-state index in [1.165, 1.54) is 12.8 Å². The van der Waals surface area contributed by atoms with Crippen molar-refractivity contribution in [3.63, 3.8) is 0 Å². The van der Waals surface area contributed by atoms with Crippen molar-refractivity contribution in [3.05, 3.63) is 64.4 Å². The van der Waals surface area contributed by atoms with Crippen LogP contribution in [0.15, 0.2) is 53.3 Å². The maximum absolute atomic E-state index is 12.9. The third-order valence-corrected chi connectivity index (χ3v) is 6.31. The van der Waals surface area contributed by atoms with Crippen LogP contribution in [0.3, 0.4) is 0 Å². The fourth-order valence-corrected chi connectivity index (χ4v) is 4.72.